The van der Waals surface area contributed by atoms with Crippen molar-refractivity contribution in [2.24, 2.45) is 11.8 Å². The fourth-order valence-corrected chi connectivity index (χ4v) is 3.19. The Morgan fingerprint density at radius 1 is 1.38 bits per heavy atom. The number of nitrogens with one attached hydrogen (secondary N) is 1. The van der Waals surface area contributed by atoms with Crippen LogP contribution in [0.5, 0.6) is 0 Å². The third kappa shape index (κ3) is 3.88. The third-order valence-corrected chi connectivity index (χ3v) is 4.61. The molecule has 0 aliphatic heterocycles. The number of hydrogen-bond donors (Lipinski definition) is 2. The summed E-state index contributed by atoms with van der Waals surface area (Å²) in [6.45, 7) is 7.86. The molecule has 1 aliphatic rings. The van der Waals surface area contributed by atoms with E-state index in [2.05, 4.69) is 12.2 Å². The van der Waals surface area contributed by atoms with Gasteiger partial charge >= 0.3 is 0 Å². The van der Waals surface area contributed by atoms with Crippen molar-refractivity contribution >= 4 is 5.91 Å². The van der Waals surface area contributed by atoms with Crippen molar-refractivity contribution in [3.05, 3.63) is 23.2 Å². The van der Waals surface area contributed by atoms with Crippen molar-refractivity contribution in [2.75, 3.05) is 6.54 Å². The predicted octanol–water partition coefficient (Wildman–Crippen LogP) is 3.05. The standard InChI is InChI=1S/C17H27NO3/c1-11-5-7-14(8-6-11)16(19)18-10-17(4,20)15-9-12(2)21-13(15)3/h9,11,14,20H,5-8,10H2,1-4H3,(H,18,19). The van der Waals surface area contributed by atoms with E-state index in [1.54, 1.807) is 6.92 Å². The summed E-state index contributed by atoms with van der Waals surface area (Å²) < 4.78 is 5.46. The van der Waals surface area contributed by atoms with Crippen LogP contribution < -0.4 is 5.32 Å². The Bertz CT molecular complexity index is 496. The maximum Gasteiger partial charge on any atom is 0.223 e. The molecule has 1 aromatic heterocycles. The van der Waals surface area contributed by atoms with Crippen molar-refractivity contribution in [1.82, 2.24) is 5.32 Å². The van der Waals surface area contributed by atoms with Gasteiger partial charge in [-0.05, 0) is 58.4 Å². The second-order valence-corrected chi connectivity index (χ2v) is 6.78. The van der Waals surface area contributed by atoms with E-state index in [-0.39, 0.29) is 18.4 Å². The molecule has 4 nitrogen and oxygen atoms in total. The van der Waals surface area contributed by atoms with Crippen LogP contribution >= 0.6 is 0 Å². The van der Waals surface area contributed by atoms with E-state index in [4.69, 9.17) is 4.42 Å². The quantitative estimate of drug-likeness (QED) is 0.897. The number of aliphatic hydroxyl groups is 1. The van der Waals surface area contributed by atoms with Crippen LogP contribution in [0.2, 0.25) is 0 Å². The summed E-state index contributed by atoms with van der Waals surface area (Å²) in [7, 11) is 0. The van der Waals surface area contributed by atoms with E-state index in [0.717, 1.165) is 42.9 Å². The van der Waals surface area contributed by atoms with Gasteiger partial charge in [-0.25, -0.2) is 0 Å². The maximum atomic E-state index is 12.2. The molecule has 1 atom stereocenters. The lowest BCUT2D eigenvalue weighted by molar-refractivity contribution is -0.127. The summed E-state index contributed by atoms with van der Waals surface area (Å²) in [4.78, 5) is 12.2. The first-order valence-electron chi connectivity index (χ1n) is 7.87. The number of amides is 1. The molecule has 1 amide bonds. The van der Waals surface area contributed by atoms with Crippen LogP contribution in [0, 0.1) is 25.7 Å². The van der Waals surface area contributed by atoms with Crippen LogP contribution in [0.25, 0.3) is 0 Å². The SMILES string of the molecule is Cc1cc(C(C)(O)CNC(=O)C2CCC(C)CC2)c(C)o1. The van der Waals surface area contributed by atoms with E-state index in [0.29, 0.717) is 5.76 Å². The maximum absolute atomic E-state index is 12.2. The van der Waals surface area contributed by atoms with Gasteiger partial charge in [0.2, 0.25) is 5.91 Å². The molecule has 0 aromatic carbocycles. The summed E-state index contributed by atoms with van der Waals surface area (Å²) in [5, 5.41) is 13.5. The van der Waals surface area contributed by atoms with Crippen molar-refractivity contribution in [3.63, 3.8) is 0 Å². The molecule has 0 bridgehead atoms. The van der Waals surface area contributed by atoms with Gasteiger partial charge in [-0.1, -0.05) is 6.92 Å². The van der Waals surface area contributed by atoms with E-state index >= 15 is 0 Å². The van der Waals surface area contributed by atoms with Crippen LogP contribution in [0.3, 0.4) is 0 Å². The molecule has 1 heterocycles. The molecule has 1 aromatic rings. The van der Waals surface area contributed by atoms with E-state index in [1.165, 1.54) is 0 Å². The van der Waals surface area contributed by atoms with Gasteiger partial charge in [-0.15, -0.1) is 0 Å². The Hall–Kier alpha value is -1.29. The molecule has 118 valence electrons. The zero-order chi connectivity index (χ0) is 15.6. The number of carbonyl (C=O) groups is 1. The largest absolute Gasteiger partial charge is 0.466 e. The molecular formula is C17H27NO3. The monoisotopic (exact) mass is 293 g/mol. The zero-order valence-electron chi connectivity index (χ0n) is 13.5. The lowest BCUT2D eigenvalue weighted by Gasteiger charge is -2.28. The van der Waals surface area contributed by atoms with E-state index in [1.807, 2.05) is 19.9 Å². The number of aryl methyl sites for hydroxylation is 2. The van der Waals surface area contributed by atoms with Gasteiger partial charge < -0.3 is 14.8 Å². The molecule has 0 saturated heterocycles. The van der Waals surface area contributed by atoms with Gasteiger partial charge in [0.25, 0.3) is 0 Å². The normalized spacial score (nSPS) is 25.4. The average Bonchev–Trinajstić information content (AvgIpc) is 2.77. The smallest absolute Gasteiger partial charge is 0.223 e. The van der Waals surface area contributed by atoms with Crippen LogP contribution in [0.4, 0.5) is 0 Å². The number of rotatable bonds is 4. The minimum atomic E-state index is -1.10. The van der Waals surface area contributed by atoms with Gasteiger partial charge in [0.05, 0.1) is 6.54 Å². The predicted molar refractivity (Wildman–Crippen MR) is 81.9 cm³/mol. The summed E-state index contributed by atoms with van der Waals surface area (Å²) in [5.41, 5.74) is -0.350. The van der Waals surface area contributed by atoms with Crippen LogP contribution in [0.15, 0.2) is 10.5 Å². The molecular weight excluding hydrogens is 266 g/mol. The van der Waals surface area contributed by atoms with Crippen LogP contribution in [0.1, 0.15) is 56.6 Å². The zero-order valence-corrected chi connectivity index (χ0v) is 13.5. The first-order chi connectivity index (χ1) is 9.79. The molecule has 2 N–H and O–H groups in total. The average molecular weight is 293 g/mol. The highest BCUT2D eigenvalue weighted by molar-refractivity contribution is 5.78. The Kier molecular flexibility index (Phi) is 4.77. The Morgan fingerprint density at radius 3 is 2.52 bits per heavy atom. The summed E-state index contributed by atoms with van der Waals surface area (Å²) in [6.07, 6.45) is 4.15. The minimum Gasteiger partial charge on any atom is -0.466 e. The number of carbonyl (C=O) groups excluding carboxylic acids is 1. The van der Waals surface area contributed by atoms with Crippen molar-refractivity contribution < 1.29 is 14.3 Å². The lowest BCUT2D eigenvalue weighted by atomic mass is 9.82. The minimum absolute atomic E-state index is 0.0695. The molecule has 0 spiro atoms. The number of furan rings is 1. The molecule has 2 rings (SSSR count). The van der Waals surface area contributed by atoms with Crippen molar-refractivity contribution in [2.45, 2.75) is 59.0 Å². The number of hydrogen-bond acceptors (Lipinski definition) is 3. The van der Waals surface area contributed by atoms with Crippen molar-refractivity contribution in [1.29, 1.82) is 0 Å². The second kappa shape index (κ2) is 6.22. The van der Waals surface area contributed by atoms with E-state index < -0.39 is 5.60 Å². The highest BCUT2D eigenvalue weighted by atomic mass is 16.3. The van der Waals surface area contributed by atoms with Crippen LogP contribution in [-0.4, -0.2) is 17.6 Å². The molecule has 1 fully saturated rings. The molecule has 1 saturated carbocycles. The molecule has 21 heavy (non-hydrogen) atoms. The van der Waals surface area contributed by atoms with Gasteiger partial charge in [0.15, 0.2) is 0 Å². The first-order valence-corrected chi connectivity index (χ1v) is 7.87. The molecule has 0 radical (unpaired) electrons. The summed E-state index contributed by atoms with van der Waals surface area (Å²) in [6, 6.07) is 1.84. The summed E-state index contributed by atoms with van der Waals surface area (Å²) >= 11 is 0. The molecule has 1 unspecified atom stereocenters. The Balaban J connectivity index is 1.92. The van der Waals surface area contributed by atoms with Crippen molar-refractivity contribution in [3.8, 4) is 0 Å². The third-order valence-electron chi connectivity index (χ3n) is 4.61. The fourth-order valence-electron chi connectivity index (χ4n) is 3.19. The fraction of sp³-hybridized carbons (Fsp3) is 0.706. The molecule has 1 aliphatic carbocycles. The van der Waals surface area contributed by atoms with Crippen LogP contribution in [-0.2, 0) is 10.4 Å². The van der Waals surface area contributed by atoms with Gasteiger partial charge in [0.1, 0.15) is 17.1 Å². The first kappa shape index (κ1) is 16.1. The van der Waals surface area contributed by atoms with E-state index in [9.17, 15) is 9.90 Å². The van der Waals surface area contributed by atoms with Gasteiger partial charge in [0, 0.05) is 11.5 Å². The highest BCUT2D eigenvalue weighted by Crippen LogP contribution is 2.29. The molecule has 4 heteroatoms. The summed E-state index contributed by atoms with van der Waals surface area (Å²) in [5.74, 6) is 2.38. The Morgan fingerprint density at radius 2 is 2.00 bits per heavy atom. The Labute approximate surface area is 126 Å². The lowest BCUT2D eigenvalue weighted by Crippen LogP contribution is -2.42. The highest BCUT2D eigenvalue weighted by Gasteiger charge is 2.30. The topological polar surface area (TPSA) is 62.5 Å². The van der Waals surface area contributed by atoms with Gasteiger partial charge in [-0.2, -0.15) is 0 Å². The van der Waals surface area contributed by atoms with Gasteiger partial charge in [-0.3, -0.25) is 4.79 Å². The second-order valence-electron chi connectivity index (χ2n) is 6.78.